The van der Waals surface area contributed by atoms with Crippen molar-refractivity contribution in [3.05, 3.63) is 23.8 Å². The first-order valence-corrected chi connectivity index (χ1v) is 6.30. The molecule has 1 unspecified atom stereocenters. The van der Waals surface area contributed by atoms with E-state index in [2.05, 4.69) is 15.5 Å². The SMILES string of the molecule is COCC(Cn1nnnc1-c1ccc(N)cc1C)OC. The van der Waals surface area contributed by atoms with Crippen LogP contribution in [0.5, 0.6) is 0 Å². The van der Waals surface area contributed by atoms with Crippen molar-refractivity contribution in [2.24, 2.45) is 0 Å². The monoisotopic (exact) mass is 277 g/mol. The predicted molar refractivity (Wildman–Crippen MR) is 75.1 cm³/mol. The molecular weight excluding hydrogens is 258 g/mol. The maximum absolute atomic E-state index is 5.77. The number of nitrogens with zero attached hydrogens (tertiary/aromatic N) is 4. The van der Waals surface area contributed by atoms with E-state index in [0.717, 1.165) is 16.8 Å². The molecule has 0 spiro atoms. The third-order valence-corrected chi connectivity index (χ3v) is 3.09. The highest BCUT2D eigenvalue weighted by Gasteiger charge is 2.15. The van der Waals surface area contributed by atoms with Crippen LogP contribution in [0.1, 0.15) is 5.56 Å². The number of methoxy groups -OCH3 is 2. The van der Waals surface area contributed by atoms with E-state index >= 15 is 0 Å². The van der Waals surface area contributed by atoms with Crippen LogP contribution in [0.3, 0.4) is 0 Å². The van der Waals surface area contributed by atoms with E-state index in [9.17, 15) is 0 Å². The number of anilines is 1. The van der Waals surface area contributed by atoms with Crippen LogP contribution in [0.15, 0.2) is 18.2 Å². The van der Waals surface area contributed by atoms with Gasteiger partial charge >= 0.3 is 0 Å². The van der Waals surface area contributed by atoms with Crippen LogP contribution < -0.4 is 5.73 Å². The second-order valence-electron chi connectivity index (χ2n) is 4.57. The Bertz CT molecular complexity index is 570. The Kier molecular flexibility index (Phi) is 4.65. The van der Waals surface area contributed by atoms with Gasteiger partial charge in [-0.15, -0.1) is 5.10 Å². The van der Waals surface area contributed by atoms with Crippen molar-refractivity contribution in [2.75, 3.05) is 26.6 Å². The van der Waals surface area contributed by atoms with Crippen LogP contribution in [0.25, 0.3) is 11.4 Å². The first-order valence-electron chi connectivity index (χ1n) is 6.30. The first kappa shape index (κ1) is 14.4. The Balaban J connectivity index is 2.28. The van der Waals surface area contributed by atoms with Gasteiger partial charge in [0.2, 0.25) is 0 Å². The predicted octanol–water partition coefficient (Wildman–Crippen LogP) is 0.892. The minimum Gasteiger partial charge on any atom is -0.399 e. The van der Waals surface area contributed by atoms with Crippen LogP contribution in [0.2, 0.25) is 0 Å². The van der Waals surface area contributed by atoms with Gasteiger partial charge in [0.1, 0.15) is 6.10 Å². The van der Waals surface area contributed by atoms with E-state index in [1.807, 2.05) is 25.1 Å². The highest BCUT2D eigenvalue weighted by Crippen LogP contribution is 2.22. The molecular formula is C13H19N5O2. The van der Waals surface area contributed by atoms with Crippen molar-refractivity contribution >= 4 is 5.69 Å². The lowest BCUT2D eigenvalue weighted by Crippen LogP contribution is -2.25. The first-order chi connectivity index (χ1) is 9.65. The number of hydrogen-bond acceptors (Lipinski definition) is 6. The summed E-state index contributed by atoms with van der Waals surface area (Å²) in [5.74, 6) is 0.695. The highest BCUT2D eigenvalue weighted by molar-refractivity contribution is 5.63. The summed E-state index contributed by atoms with van der Waals surface area (Å²) in [6, 6.07) is 5.66. The van der Waals surface area contributed by atoms with Gasteiger partial charge in [0.05, 0.1) is 13.2 Å². The Morgan fingerprint density at radius 1 is 1.35 bits per heavy atom. The molecule has 0 radical (unpaired) electrons. The van der Waals surface area contributed by atoms with Gasteiger partial charge in [-0.1, -0.05) is 0 Å². The summed E-state index contributed by atoms with van der Waals surface area (Å²) in [6.45, 7) is 2.99. The number of rotatable bonds is 6. The molecule has 1 heterocycles. The zero-order valence-corrected chi connectivity index (χ0v) is 11.9. The van der Waals surface area contributed by atoms with Crippen molar-refractivity contribution in [3.8, 4) is 11.4 Å². The largest absolute Gasteiger partial charge is 0.399 e. The van der Waals surface area contributed by atoms with Crippen LogP contribution in [-0.2, 0) is 16.0 Å². The molecule has 0 aliphatic heterocycles. The summed E-state index contributed by atoms with van der Waals surface area (Å²) in [7, 11) is 3.28. The second kappa shape index (κ2) is 6.44. The van der Waals surface area contributed by atoms with Crippen molar-refractivity contribution in [1.82, 2.24) is 20.2 Å². The molecule has 0 saturated carbocycles. The minimum absolute atomic E-state index is 0.101. The van der Waals surface area contributed by atoms with Gasteiger partial charge in [0, 0.05) is 25.5 Å². The average molecular weight is 277 g/mol. The van der Waals surface area contributed by atoms with Gasteiger partial charge < -0.3 is 15.2 Å². The maximum Gasteiger partial charge on any atom is 0.182 e. The molecule has 108 valence electrons. The lowest BCUT2D eigenvalue weighted by atomic mass is 10.1. The fraction of sp³-hybridized carbons (Fsp3) is 0.462. The van der Waals surface area contributed by atoms with E-state index in [0.29, 0.717) is 19.0 Å². The number of benzene rings is 1. The zero-order valence-electron chi connectivity index (χ0n) is 11.9. The smallest absolute Gasteiger partial charge is 0.182 e. The van der Waals surface area contributed by atoms with Crippen molar-refractivity contribution in [2.45, 2.75) is 19.6 Å². The molecule has 0 fully saturated rings. The highest BCUT2D eigenvalue weighted by atomic mass is 16.5. The summed E-state index contributed by atoms with van der Waals surface area (Å²) in [6.07, 6.45) is -0.101. The van der Waals surface area contributed by atoms with Crippen molar-refractivity contribution in [3.63, 3.8) is 0 Å². The van der Waals surface area contributed by atoms with E-state index < -0.39 is 0 Å². The number of nitrogen functional groups attached to an aromatic ring is 1. The molecule has 2 rings (SSSR count). The Hall–Kier alpha value is -1.99. The van der Waals surface area contributed by atoms with Gasteiger partial charge in [-0.3, -0.25) is 0 Å². The number of hydrogen-bond donors (Lipinski definition) is 1. The quantitative estimate of drug-likeness (QED) is 0.789. The second-order valence-corrected chi connectivity index (χ2v) is 4.57. The fourth-order valence-electron chi connectivity index (χ4n) is 2.03. The van der Waals surface area contributed by atoms with Crippen molar-refractivity contribution in [1.29, 1.82) is 0 Å². The van der Waals surface area contributed by atoms with Gasteiger partial charge in [0.25, 0.3) is 0 Å². The van der Waals surface area contributed by atoms with Crippen LogP contribution >= 0.6 is 0 Å². The van der Waals surface area contributed by atoms with E-state index in [-0.39, 0.29) is 6.10 Å². The topological polar surface area (TPSA) is 88.1 Å². The molecule has 1 atom stereocenters. The van der Waals surface area contributed by atoms with E-state index in [1.54, 1.807) is 18.9 Å². The Morgan fingerprint density at radius 3 is 2.80 bits per heavy atom. The summed E-state index contributed by atoms with van der Waals surface area (Å²) < 4.78 is 12.2. The Morgan fingerprint density at radius 2 is 2.15 bits per heavy atom. The molecule has 0 aliphatic carbocycles. The molecule has 0 amide bonds. The van der Waals surface area contributed by atoms with Crippen molar-refractivity contribution < 1.29 is 9.47 Å². The normalized spacial score (nSPS) is 12.6. The molecule has 20 heavy (non-hydrogen) atoms. The van der Waals surface area contributed by atoms with E-state index in [4.69, 9.17) is 15.2 Å². The third kappa shape index (κ3) is 3.12. The number of tetrazole rings is 1. The van der Waals surface area contributed by atoms with Gasteiger partial charge in [-0.25, -0.2) is 4.68 Å². The maximum atomic E-state index is 5.77. The zero-order chi connectivity index (χ0) is 14.5. The molecule has 7 nitrogen and oxygen atoms in total. The molecule has 0 bridgehead atoms. The van der Waals surface area contributed by atoms with Crippen LogP contribution in [-0.4, -0.2) is 47.1 Å². The van der Waals surface area contributed by atoms with Crippen LogP contribution in [0, 0.1) is 6.92 Å². The molecule has 2 N–H and O–H groups in total. The molecule has 7 heteroatoms. The van der Waals surface area contributed by atoms with Gasteiger partial charge in [-0.2, -0.15) is 0 Å². The van der Waals surface area contributed by atoms with E-state index in [1.165, 1.54) is 0 Å². The number of nitrogens with two attached hydrogens (primary N) is 1. The fourth-order valence-corrected chi connectivity index (χ4v) is 2.03. The number of aromatic nitrogens is 4. The lowest BCUT2D eigenvalue weighted by molar-refractivity contribution is 0.0163. The third-order valence-electron chi connectivity index (χ3n) is 3.09. The van der Waals surface area contributed by atoms with Gasteiger partial charge in [0.15, 0.2) is 5.82 Å². The minimum atomic E-state index is -0.101. The summed E-state index contributed by atoms with van der Waals surface area (Å²) in [5, 5.41) is 11.8. The molecule has 0 aliphatic rings. The molecule has 1 aromatic heterocycles. The average Bonchev–Trinajstić information content (AvgIpc) is 2.86. The summed E-state index contributed by atoms with van der Waals surface area (Å²) in [4.78, 5) is 0. The summed E-state index contributed by atoms with van der Waals surface area (Å²) in [5.41, 5.74) is 8.47. The summed E-state index contributed by atoms with van der Waals surface area (Å²) >= 11 is 0. The lowest BCUT2D eigenvalue weighted by Gasteiger charge is -2.15. The standard InChI is InChI=1S/C13H19N5O2/c1-9-6-10(14)4-5-12(9)13-15-16-17-18(13)7-11(20-3)8-19-2/h4-6,11H,7-8,14H2,1-3H3. The number of aryl methyl sites for hydroxylation is 1. The molecule has 2 aromatic rings. The molecule has 1 aromatic carbocycles. The van der Waals surface area contributed by atoms with Crippen LogP contribution in [0.4, 0.5) is 5.69 Å². The Labute approximate surface area is 117 Å². The molecule has 0 saturated heterocycles. The number of ether oxygens (including phenoxy) is 2. The van der Waals surface area contributed by atoms with Gasteiger partial charge in [-0.05, 0) is 41.1 Å².